The minimum absolute atomic E-state index is 0.130. The summed E-state index contributed by atoms with van der Waals surface area (Å²) in [5, 5.41) is 11.6. The average molecular weight is 325 g/mol. The third-order valence-corrected chi connectivity index (χ3v) is 4.78. The molecular weight excluding hydrogens is 298 g/mol. The molecule has 3 heteroatoms. The fourth-order valence-corrected chi connectivity index (χ4v) is 3.19. The Morgan fingerprint density at radius 2 is 1.33 bits per heavy atom. The average Bonchev–Trinajstić information content (AvgIpc) is 2.59. The van der Waals surface area contributed by atoms with Gasteiger partial charge in [-0.25, -0.2) is 0 Å². The Morgan fingerprint density at radius 1 is 0.875 bits per heavy atom. The highest BCUT2D eigenvalue weighted by molar-refractivity contribution is 5.37. The van der Waals surface area contributed by atoms with E-state index in [1.54, 1.807) is 0 Å². The van der Waals surface area contributed by atoms with E-state index in [-0.39, 0.29) is 10.8 Å². The molecule has 0 spiro atoms. The van der Waals surface area contributed by atoms with Gasteiger partial charge in [0.2, 0.25) is 6.04 Å². The van der Waals surface area contributed by atoms with Crippen LogP contribution in [-0.2, 0) is 6.42 Å². The van der Waals surface area contributed by atoms with Crippen LogP contribution >= 0.6 is 0 Å². The van der Waals surface area contributed by atoms with E-state index in [2.05, 4.69) is 57.2 Å². The molecule has 2 rings (SSSR count). The Balaban J connectivity index is 2.46. The second-order valence-corrected chi connectivity index (χ2v) is 6.66. The van der Waals surface area contributed by atoms with Gasteiger partial charge in [-0.05, 0) is 34.6 Å². The van der Waals surface area contributed by atoms with E-state index in [1.807, 2.05) is 19.1 Å². The van der Waals surface area contributed by atoms with Crippen molar-refractivity contribution in [3.05, 3.63) is 80.9 Å². The van der Waals surface area contributed by atoms with Crippen molar-refractivity contribution in [3.63, 3.8) is 0 Å². The third kappa shape index (κ3) is 4.02. The first-order valence-corrected chi connectivity index (χ1v) is 8.80. The van der Waals surface area contributed by atoms with Gasteiger partial charge >= 0.3 is 0 Å². The van der Waals surface area contributed by atoms with Crippen LogP contribution in [0.3, 0.4) is 0 Å². The number of hydrogen-bond donors (Lipinski definition) is 0. The zero-order valence-electron chi connectivity index (χ0n) is 15.0. The molecule has 0 N–H and O–H groups in total. The zero-order valence-corrected chi connectivity index (χ0v) is 15.0. The fraction of sp³-hybridized carbons (Fsp3) is 0.429. The third-order valence-electron chi connectivity index (χ3n) is 4.78. The van der Waals surface area contributed by atoms with Crippen molar-refractivity contribution < 1.29 is 4.92 Å². The first-order chi connectivity index (χ1) is 11.5. The maximum absolute atomic E-state index is 11.6. The Labute approximate surface area is 144 Å². The van der Waals surface area contributed by atoms with Gasteiger partial charge in [0.25, 0.3) is 0 Å². The van der Waals surface area contributed by atoms with Crippen molar-refractivity contribution >= 4 is 0 Å². The van der Waals surface area contributed by atoms with E-state index in [1.165, 1.54) is 11.1 Å². The number of benzene rings is 2. The van der Waals surface area contributed by atoms with Gasteiger partial charge in [0.05, 0.1) is 5.92 Å². The lowest BCUT2D eigenvalue weighted by molar-refractivity contribution is -0.525. The van der Waals surface area contributed by atoms with Crippen LogP contribution in [0.25, 0.3) is 0 Å². The molecular formula is C21H27NO2. The van der Waals surface area contributed by atoms with E-state index >= 15 is 0 Å². The van der Waals surface area contributed by atoms with Gasteiger partial charge in [0, 0.05) is 11.3 Å². The number of rotatable bonds is 7. The van der Waals surface area contributed by atoms with Crippen molar-refractivity contribution in [1.29, 1.82) is 0 Å². The number of nitro groups is 1. The molecule has 0 aliphatic rings. The van der Waals surface area contributed by atoms with Crippen LogP contribution < -0.4 is 0 Å². The molecule has 0 amide bonds. The van der Waals surface area contributed by atoms with Crippen LogP contribution in [0.1, 0.15) is 68.2 Å². The summed E-state index contributed by atoms with van der Waals surface area (Å²) in [5.41, 5.74) is 4.55. The normalized spacial score (nSPS) is 13.7. The number of nitrogens with zero attached hydrogens (tertiary/aromatic N) is 1. The molecule has 2 unspecified atom stereocenters. The van der Waals surface area contributed by atoms with Crippen molar-refractivity contribution in [3.8, 4) is 0 Å². The van der Waals surface area contributed by atoms with Crippen molar-refractivity contribution in [2.24, 2.45) is 0 Å². The highest BCUT2D eigenvalue weighted by atomic mass is 16.6. The highest BCUT2D eigenvalue weighted by Crippen LogP contribution is 2.32. The molecule has 0 aliphatic heterocycles. The van der Waals surface area contributed by atoms with Gasteiger partial charge in [-0.1, -0.05) is 76.2 Å². The summed E-state index contributed by atoms with van der Waals surface area (Å²) in [6.45, 7) is 8.32. The first kappa shape index (κ1) is 18.2. The molecule has 128 valence electrons. The molecule has 24 heavy (non-hydrogen) atoms. The number of hydrogen-bond acceptors (Lipinski definition) is 2. The Bertz CT molecular complexity index is 659. The van der Waals surface area contributed by atoms with Gasteiger partial charge in [-0.3, -0.25) is 10.1 Å². The molecule has 0 aliphatic carbocycles. The zero-order chi connectivity index (χ0) is 17.7. The molecule has 0 bridgehead atoms. The van der Waals surface area contributed by atoms with Crippen molar-refractivity contribution in [2.45, 2.75) is 58.4 Å². The maximum Gasteiger partial charge on any atom is 0.223 e. The Hall–Kier alpha value is -2.16. The molecule has 2 aromatic rings. The monoisotopic (exact) mass is 325 g/mol. The van der Waals surface area contributed by atoms with E-state index in [9.17, 15) is 10.1 Å². The summed E-state index contributed by atoms with van der Waals surface area (Å²) in [4.78, 5) is 11.5. The number of aryl methyl sites for hydroxylation is 1. The molecule has 0 aromatic heterocycles. The lowest BCUT2D eigenvalue weighted by atomic mass is 9.83. The predicted molar refractivity (Wildman–Crippen MR) is 99.3 cm³/mol. The smallest absolute Gasteiger partial charge is 0.223 e. The summed E-state index contributed by atoms with van der Waals surface area (Å²) < 4.78 is 0. The quantitative estimate of drug-likeness (QED) is 0.494. The summed E-state index contributed by atoms with van der Waals surface area (Å²) >= 11 is 0. The molecule has 2 aromatic carbocycles. The first-order valence-electron chi connectivity index (χ1n) is 8.80. The van der Waals surface area contributed by atoms with E-state index in [4.69, 9.17) is 0 Å². The maximum atomic E-state index is 11.6. The van der Waals surface area contributed by atoms with Crippen LogP contribution in [0.4, 0.5) is 0 Å². The molecule has 2 atom stereocenters. The minimum Gasteiger partial charge on any atom is -0.264 e. The summed E-state index contributed by atoms with van der Waals surface area (Å²) in [6.07, 6.45) is 1.49. The molecule has 0 heterocycles. The molecule has 0 fully saturated rings. The predicted octanol–water partition coefficient (Wildman–Crippen LogP) is 5.56. The molecule has 0 radical (unpaired) electrons. The fourth-order valence-electron chi connectivity index (χ4n) is 3.19. The Kier molecular flexibility index (Phi) is 6.13. The topological polar surface area (TPSA) is 43.1 Å². The highest BCUT2D eigenvalue weighted by Gasteiger charge is 2.32. The lowest BCUT2D eigenvalue weighted by Gasteiger charge is -2.22. The molecule has 0 saturated heterocycles. The van der Waals surface area contributed by atoms with Crippen LogP contribution in [0.2, 0.25) is 0 Å². The van der Waals surface area contributed by atoms with Crippen molar-refractivity contribution in [1.82, 2.24) is 0 Å². The summed E-state index contributed by atoms with van der Waals surface area (Å²) in [7, 11) is 0. The second kappa shape index (κ2) is 8.09. The van der Waals surface area contributed by atoms with Gasteiger partial charge in [-0.2, -0.15) is 0 Å². The van der Waals surface area contributed by atoms with Crippen LogP contribution in [0.5, 0.6) is 0 Å². The summed E-state index contributed by atoms with van der Waals surface area (Å²) in [5.74, 6) is 0.246. The molecule has 0 saturated carbocycles. The van der Waals surface area contributed by atoms with Gasteiger partial charge < -0.3 is 0 Å². The van der Waals surface area contributed by atoms with Gasteiger partial charge in [-0.15, -0.1) is 0 Å². The largest absolute Gasteiger partial charge is 0.264 e. The van der Waals surface area contributed by atoms with Crippen LogP contribution in [-0.4, -0.2) is 11.0 Å². The van der Waals surface area contributed by atoms with E-state index in [0.29, 0.717) is 12.3 Å². The standard InChI is InChI=1S/C21H27NO2/c1-5-16-7-9-18(10-8-16)21(20(6-2)22(23)24)19-13-11-17(12-14-19)15(3)4/h7-15,20-21H,5-6H2,1-4H3. The minimum atomic E-state index is -0.609. The van der Waals surface area contributed by atoms with Crippen LogP contribution in [0.15, 0.2) is 48.5 Å². The lowest BCUT2D eigenvalue weighted by Crippen LogP contribution is -2.27. The summed E-state index contributed by atoms with van der Waals surface area (Å²) in [6, 6.07) is 16.0. The Morgan fingerprint density at radius 3 is 1.71 bits per heavy atom. The van der Waals surface area contributed by atoms with Gasteiger partial charge in [0.1, 0.15) is 0 Å². The molecule has 3 nitrogen and oxygen atoms in total. The SMILES string of the molecule is CCc1ccc(C(c2ccc(C(C)C)cc2)C(CC)[N+](=O)[O-])cc1. The van der Waals surface area contributed by atoms with Crippen molar-refractivity contribution in [2.75, 3.05) is 0 Å². The second-order valence-electron chi connectivity index (χ2n) is 6.66. The van der Waals surface area contributed by atoms with Crippen LogP contribution in [0, 0.1) is 10.1 Å². The van der Waals surface area contributed by atoms with Gasteiger partial charge in [0.15, 0.2) is 0 Å². The van der Waals surface area contributed by atoms with E-state index in [0.717, 1.165) is 17.5 Å². The van der Waals surface area contributed by atoms with E-state index < -0.39 is 6.04 Å².